The van der Waals surface area contributed by atoms with Crippen LogP contribution in [0.2, 0.25) is 0 Å². The van der Waals surface area contributed by atoms with Gasteiger partial charge in [0.1, 0.15) is 23.5 Å². The monoisotopic (exact) mass is 311 g/mol. The van der Waals surface area contributed by atoms with E-state index in [0.29, 0.717) is 0 Å². The third kappa shape index (κ3) is 3.15. The first-order chi connectivity index (χ1) is 7.17. The second-order valence-electron chi connectivity index (χ2n) is 2.59. The Labute approximate surface area is 101 Å². The lowest BCUT2D eigenvalue weighted by atomic mass is 10.3. The molecular weight excluding hydrogens is 305 g/mol. The largest absolute Gasteiger partial charge is 0.508 e. The molecular formula is C10H6IN3O. The lowest BCUT2D eigenvalue weighted by Gasteiger charge is -2.03. The molecule has 0 spiro atoms. The van der Waals surface area contributed by atoms with Gasteiger partial charge >= 0.3 is 0 Å². The molecule has 0 heterocycles. The zero-order chi connectivity index (χ0) is 11.3. The summed E-state index contributed by atoms with van der Waals surface area (Å²) in [5.41, 5.74) is 0.732. The van der Waals surface area contributed by atoms with Gasteiger partial charge in [0.05, 0.1) is 5.69 Å². The SMILES string of the molecule is N#CC(C#N)=CNc1ccc(O)cc1I. The highest BCUT2D eigenvalue weighted by molar-refractivity contribution is 14.1. The Hall–Kier alpha value is -1.73. The molecule has 0 saturated carbocycles. The summed E-state index contributed by atoms with van der Waals surface area (Å²) in [5, 5.41) is 29.0. The lowest BCUT2D eigenvalue weighted by Crippen LogP contribution is -1.92. The number of benzene rings is 1. The first-order valence-corrected chi connectivity index (χ1v) is 5.00. The van der Waals surface area contributed by atoms with Crippen LogP contribution in [0.25, 0.3) is 0 Å². The molecule has 2 N–H and O–H groups in total. The second-order valence-corrected chi connectivity index (χ2v) is 3.75. The van der Waals surface area contributed by atoms with Gasteiger partial charge in [0.25, 0.3) is 0 Å². The molecule has 1 aromatic rings. The molecule has 1 rings (SSSR count). The Morgan fingerprint density at radius 1 is 1.40 bits per heavy atom. The Balaban J connectivity index is 2.89. The van der Waals surface area contributed by atoms with Crippen molar-refractivity contribution < 1.29 is 5.11 Å². The highest BCUT2D eigenvalue weighted by Gasteiger charge is 1.99. The predicted molar refractivity (Wildman–Crippen MR) is 63.8 cm³/mol. The van der Waals surface area contributed by atoms with Crippen molar-refractivity contribution in [2.45, 2.75) is 0 Å². The van der Waals surface area contributed by atoms with E-state index in [9.17, 15) is 0 Å². The van der Waals surface area contributed by atoms with Gasteiger partial charge in [-0.1, -0.05) is 0 Å². The van der Waals surface area contributed by atoms with Crippen LogP contribution >= 0.6 is 22.6 Å². The Bertz CT molecular complexity index is 466. The maximum atomic E-state index is 9.15. The fourth-order valence-corrected chi connectivity index (χ4v) is 1.52. The average Bonchev–Trinajstić information content (AvgIpc) is 2.22. The zero-order valence-corrected chi connectivity index (χ0v) is 9.69. The standard InChI is InChI=1S/C10H6IN3O/c11-9-3-8(15)1-2-10(9)14-6-7(4-12)5-13/h1-3,6,14-15H. The summed E-state index contributed by atoms with van der Waals surface area (Å²) >= 11 is 2.04. The summed E-state index contributed by atoms with van der Waals surface area (Å²) in [7, 11) is 0. The van der Waals surface area contributed by atoms with Crippen molar-refractivity contribution in [3.8, 4) is 17.9 Å². The van der Waals surface area contributed by atoms with Gasteiger partial charge < -0.3 is 10.4 Å². The van der Waals surface area contributed by atoms with Gasteiger partial charge in [-0.25, -0.2) is 0 Å². The third-order valence-corrected chi connectivity index (χ3v) is 2.46. The van der Waals surface area contributed by atoms with Crippen LogP contribution in [0.5, 0.6) is 5.75 Å². The van der Waals surface area contributed by atoms with Crippen molar-refractivity contribution >= 4 is 28.3 Å². The van der Waals surface area contributed by atoms with E-state index in [4.69, 9.17) is 15.6 Å². The van der Waals surface area contributed by atoms with E-state index in [-0.39, 0.29) is 11.3 Å². The molecule has 74 valence electrons. The van der Waals surface area contributed by atoms with Gasteiger partial charge in [-0.15, -0.1) is 0 Å². The van der Waals surface area contributed by atoms with Crippen LogP contribution in [0.15, 0.2) is 30.0 Å². The molecule has 5 heteroatoms. The highest BCUT2D eigenvalue weighted by Crippen LogP contribution is 2.22. The maximum absolute atomic E-state index is 9.15. The summed E-state index contributed by atoms with van der Waals surface area (Å²) in [4.78, 5) is 0. The molecule has 1 aromatic carbocycles. The molecule has 0 aliphatic rings. The van der Waals surface area contributed by atoms with Crippen molar-refractivity contribution in [3.63, 3.8) is 0 Å². The molecule has 0 saturated heterocycles. The van der Waals surface area contributed by atoms with Crippen LogP contribution in [0.4, 0.5) is 5.69 Å². The molecule has 15 heavy (non-hydrogen) atoms. The van der Waals surface area contributed by atoms with Crippen molar-refractivity contribution in [1.29, 1.82) is 10.5 Å². The van der Waals surface area contributed by atoms with Crippen molar-refractivity contribution in [2.75, 3.05) is 5.32 Å². The van der Waals surface area contributed by atoms with E-state index < -0.39 is 0 Å². The first kappa shape index (κ1) is 11.3. The van der Waals surface area contributed by atoms with E-state index in [1.54, 1.807) is 24.3 Å². The van der Waals surface area contributed by atoms with Crippen molar-refractivity contribution in [3.05, 3.63) is 33.5 Å². The summed E-state index contributed by atoms with van der Waals surface area (Å²) in [5.74, 6) is 0.176. The van der Waals surface area contributed by atoms with Gasteiger partial charge in [-0.05, 0) is 40.8 Å². The van der Waals surface area contributed by atoms with Crippen LogP contribution in [0.3, 0.4) is 0 Å². The maximum Gasteiger partial charge on any atom is 0.145 e. The Morgan fingerprint density at radius 2 is 2.07 bits per heavy atom. The van der Waals surface area contributed by atoms with Crippen molar-refractivity contribution in [1.82, 2.24) is 0 Å². The number of hydrogen-bond donors (Lipinski definition) is 2. The van der Waals surface area contributed by atoms with Crippen LogP contribution in [-0.4, -0.2) is 5.11 Å². The van der Waals surface area contributed by atoms with Crippen LogP contribution in [0, 0.1) is 26.2 Å². The number of nitrogens with one attached hydrogen (secondary N) is 1. The zero-order valence-electron chi connectivity index (χ0n) is 7.53. The molecule has 0 unspecified atom stereocenters. The van der Waals surface area contributed by atoms with Crippen molar-refractivity contribution in [2.24, 2.45) is 0 Å². The Kier molecular flexibility index (Phi) is 3.95. The summed E-state index contributed by atoms with van der Waals surface area (Å²) in [6.07, 6.45) is 1.33. The summed E-state index contributed by atoms with van der Waals surface area (Å²) in [6, 6.07) is 8.25. The number of nitriles is 2. The number of rotatable bonds is 2. The number of aromatic hydroxyl groups is 1. The van der Waals surface area contributed by atoms with E-state index in [1.807, 2.05) is 22.6 Å². The third-order valence-electron chi connectivity index (χ3n) is 1.57. The fraction of sp³-hybridized carbons (Fsp3) is 0. The normalized spacial score (nSPS) is 8.47. The minimum Gasteiger partial charge on any atom is -0.508 e. The number of anilines is 1. The molecule has 0 aliphatic heterocycles. The van der Waals surface area contributed by atoms with Crippen LogP contribution in [0.1, 0.15) is 0 Å². The smallest absolute Gasteiger partial charge is 0.145 e. The van der Waals surface area contributed by atoms with Gasteiger partial charge in [-0.2, -0.15) is 10.5 Å². The molecule has 0 atom stereocenters. The number of nitrogens with zero attached hydrogens (tertiary/aromatic N) is 2. The van der Waals surface area contributed by atoms with Gasteiger partial charge in [0.15, 0.2) is 0 Å². The van der Waals surface area contributed by atoms with E-state index in [1.165, 1.54) is 12.3 Å². The van der Waals surface area contributed by atoms with Crippen LogP contribution in [-0.2, 0) is 0 Å². The molecule has 0 radical (unpaired) electrons. The fourth-order valence-electron chi connectivity index (χ4n) is 0.861. The van der Waals surface area contributed by atoms with E-state index in [2.05, 4.69) is 5.32 Å². The van der Waals surface area contributed by atoms with Gasteiger partial charge in [0, 0.05) is 9.77 Å². The second kappa shape index (κ2) is 5.23. The number of halogens is 1. The number of allylic oxidation sites excluding steroid dienone is 1. The topological polar surface area (TPSA) is 79.8 Å². The minimum atomic E-state index is -0.00104. The number of phenolic OH excluding ortho intramolecular Hbond substituents is 1. The molecule has 0 fully saturated rings. The average molecular weight is 311 g/mol. The van der Waals surface area contributed by atoms with E-state index >= 15 is 0 Å². The molecule has 0 aromatic heterocycles. The molecule has 0 aliphatic carbocycles. The van der Waals surface area contributed by atoms with E-state index in [0.717, 1.165) is 9.26 Å². The molecule has 0 bridgehead atoms. The quantitative estimate of drug-likeness (QED) is 0.499. The molecule has 0 amide bonds. The molecule has 4 nitrogen and oxygen atoms in total. The lowest BCUT2D eigenvalue weighted by molar-refractivity contribution is 0.475. The van der Waals surface area contributed by atoms with Crippen LogP contribution < -0.4 is 5.32 Å². The highest BCUT2D eigenvalue weighted by atomic mass is 127. The first-order valence-electron chi connectivity index (χ1n) is 3.93. The number of hydrogen-bond acceptors (Lipinski definition) is 4. The van der Waals surface area contributed by atoms with Gasteiger partial charge in [-0.3, -0.25) is 0 Å². The minimum absolute atomic E-state index is 0.00104. The van der Waals surface area contributed by atoms with Gasteiger partial charge in [0.2, 0.25) is 0 Å². The number of phenols is 1. The predicted octanol–water partition coefficient (Wildman–Crippen LogP) is 2.34. The Morgan fingerprint density at radius 3 is 2.60 bits per heavy atom. The summed E-state index contributed by atoms with van der Waals surface area (Å²) in [6.45, 7) is 0. The summed E-state index contributed by atoms with van der Waals surface area (Å²) < 4.78 is 0.805.